The van der Waals surface area contributed by atoms with E-state index in [4.69, 9.17) is 10.5 Å². The molecule has 2 unspecified atom stereocenters. The van der Waals surface area contributed by atoms with Gasteiger partial charge in [0.15, 0.2) is 0 Å². The van der Waals surface area contributed by atoms with E-state index in [1.165, 1.54) is 19.3 Å². The predicted molar refractivity (Wildman–Crippen MR) is 52.7 cm³/mol. The fourth-order valence-corrected chi connectivity index (χ4v) is 1.98. The number of ether oxygens (including phenoxy) is 1. The number of hydrogen-bond donors (Lipinski definition) is 2. The summed E-state index contributed by atoms with van der Waals surface area (Å²) in [6.07, 6.45) is 5.49. The van der Waals surface area contributed by atoms with Gasteiger partial charge in [0.2, 0.25) is 5.91 Å². The summed E-state index contributed by atoms with van der Waals surface area (Å²) in [4.78, 5) is 10.8. The second-order valence-corrected chi connectivity index (χ2v) is 4.26. The summed E-state index contributed by atoms with van der Waals surface area (Å²) < 4.78 is 5.50. The quantitative estimate of drug-likeness (QED) is 0.676. The lowest BCUT2D eigenvalue weighted by Gasteiger charge is -2.27. The van der Waals surface area contributed by atoms with E-state index in [9.17, 15) is 4.79 Å². The van der Waals surface area contributed by atoms with Crippen molar-refractivity contribution in [2.75, 3.05) is 6.54 Å². The first-order chi connectivity index (χ1) is 6.75. The van der Waals surface area contributed by atoms with Gasteiger partial charge in [-0.2, -0.15) is 0 Å². The van der Waals surface area contributed by atoms with Gasteiger partial charge in [0.1, 0.15) is 6.10 Å². The highest BCUT2D eigenvalue weighted by Gasteiger charge is 2.29. The van der Waals surface area contributed by atoms with Gasteiger partial charge in [0.25, 0.3) is 0 Å². The van der Waals surface area contributed by atoms with Gasteiger partial charge in [-0.25, -0.2) is 0 Å². The topological polar surface area (TPSA) is 64.4 Å². The molecule has 0 radical (unpaired) electrons. The fourth-order valence-electron chi connectivity index (χ4n) is 1.98. The molecule has 0 aromatic heterocycles. The lowest BCUT2D eigenvalue weighted by atomic mass is 9.93. The Balaban J connectivity index is 1.65. The second kappa shape index (κ2) is 4.28. The van der Waals surface area contributed by atoms with Gasteiger partial charge < -0.3 is 15.8 Å². The molecule has 1 saturated heterocycles. The number of carbonyl (C=O) groups is 1. The molecule has 0 bridgehead atoms. The predicted octanol–water partition coefficient (Wildman–Crippen LogP) is 0.161. The highest BCUT2D eigenvalue weighted by molar-refractivity contribution is 5.79. The van der Waals surface area contributed by atoms with Crippen LogP contribution < -0.4 is 11.1 Å². The van der Waals surface area contributed by atoms with Crippen molar-refractivity contribution in [3.63, 3.8) is 0 Å². The summed E-state index contributed by atoms with van der Waals surface area (Å²) in [6, 6.07) is 0.686. The molecule has 4 heteroatoms. The van der Waals surface area contributed by atoms with E-state index in [1.807, 2.05) is 0 Å². The van der Waals surface area contributed by atoms with Crippen molar-refractivity contribution in [1.82, 2.24) is 5.32 Å². The molecule has 2 fully saturated rings. The molecule has 0 aromatic carbocycles. The van der Waals surface area contributed by atoms with Gasteiger partial charge in [0, 0.05) is 12.6 Å². The van der Waals surface area contributed by atoms with E-state index in [2.05, 4.69) is 5.32 Å². The van der Waals surface area contributed by atoms with Crippen molar-refractivity contribution in [2.45, 2.75) is 50.4 Å². The Labute approximate surface area is 84.2 Å². The second-order valence-electron chi connectivity index (χ2n) is 4.26. The summed E-state index contributed by atoms with van der Waals surface area (Å²) in [6.45, 7) is 0.869. The molecule has 0 spiro atoms. The molecule has 1 aliphatic carbocycles. The Hall–Kier alpha value is -0.610. The number of nitrogens with one attached hydrogen (secondary N) is 1. The normalized spacial score (nSPS) is 32.9. The largest absolute Gasteiger partial charge is 0.367 e. The highest BCUT2D eigenvalue weighted by atomic mass is 16.5. The van der Waals surface area contributed by atoms with Crippen molar-refractivity contribution in [3.8, 4) is 0 Å². The molecule has 1 aliphatic heterocycles. The van der Waals surface area contributed by atoms with Crippen molar-refractivity contribution >= 4 is 5.91 Å². The number of amides is 1. The Bertz CT molecular complexity index is 216. The monoisotopic (exact) mass is 198 g/mol. The first-order valence-electron chi connectivity index (χ1n) is 5.44. The van der Waals surface area contributed by atoms with E-state index in [0.717, 1.165) is 19.4 Å². The molecule has 4 nitrogen and oxygen atoms in total. The van der Waals surface area contributed by atoms with Gasteiger partial charge in [-0.15, -0.1) is 0 Å². The zero-order chi connectivity index (χ0) is 9.97. The summed E-state index contributed by atoms with van der Waals surface area (Å²) in [7, 11) is 0. The van der Waals surface area contributed by atoms with Crippen LogP contribution in [0.2, 0.25) is 0 Å². The van der Waals surface area contributed by atoms with E-state index >= 15 is 0 Å². The van der Waals surface area contributed by atoms with Crippen LogP contribution in [0.4, 0.5) is 0 Å². The molecule has 3 N–H and O–H groups in total. The smallest absolute Gasteiger partial charge is 0.246 e. The molecule has 80 valence electrons. The van der Waals surface area contributed by atoms with Crippen LogP contribution in [0.3, 0.4) is 0 Å². The third-order valence-corrected chi connectivity index (χ3v) is 3.16. The molecule has 2 rings (SSSR count). The average Bonchev–Trinajstić information content (AvgIpc) is 2.50. The SMILES string of the molecule is NC(=O)C1CCC(CNC2CCC2)O1. The summed E-state index contributed by atoms with van der Waals surface area (Å²) in [5.74, 6) is -0.323. The first-order valence-corrected chi connectivity index (χ1v) is 5.44. The van der Waals surface area contributed by atoms with Crippen LogP contribution in [0.25, 0.3) is 0 Å². The maximum atomic E-state index is 10.8. The number of primary amides is 1. The minimum atomic E-state index is -0.344. The third-order valence-electron chi connectivity index (χ3n) is 3.16. The van der Waals surface area contributed by atoms with Crippen LogP contribution in [-0.4, -0.2) is 30.7 Å². The van der Waals surface area contributed by atoms with Crippen LogP contribution >= 0.6 is 0 Å². The number of carbonyl (C=O) groups excluding carboxylic acids is 1. The molecule has 2 aliphatic rings. The summed E-state index contributed by atoms with van der Waals surface area (Å²) in [5.41, 5.74) is 5.17. The van der Waals surface area contributed by atoms with E-state index in [0.29, 0.717) is 6.04 Å². The third kappa shape index (κ3) is 2.25. The van der Waals surface area contributed by atoms with Crippen molar-refractivity contribution < 1.29 is 9.53 Å². The minimum Gasteiger partial charge on any atom is -0.367 e. The molecule has 1 amide bonds. The van der Waals surface area contributed by atoms with Crippen molar-refractivity contribution in [3.05, 3.63) is 0 Å². The Morgan fingerprint density at radius 1 is 1.36 bits per heavy atom. The highest BCUT2D eigenvalue weighted by Crippen LogP contribution is 2.21. The Morgan fingerprint density at radius 3 is 2.64 bits per heavy atom. The molecule has 14 heavy (non-hydrogen) atoms. The van der Waals surface area contributed by atoms with Crippen molar-refractivity contribution in [2.24, 2.45) is 5.73 Å². The first kappa shape index (κ1) is 9.93. The lowest BCUT2D eigenvalue weighted by molar-refractivity contribution is -0.128. The van der Waals surface area contributed by atoms with Crippen LogP contribution in [0.5, 0.6) is 0 Å². The zero-order valence-electron chi connectivity index (χ0n) is 8.37. The van der Waals surface area contributed by atoms with Gasteiger partial charge in [-0.05, 0) is 25.7 Å². The van der Waals surface area contributed by atoms with E-state index < -0.39 is 0 Å². The minimum absolute atomic E-state index is 0.188. The standard InChI is InChI=1S/C10H18N2O2/c11-10(13)9-5-4-8(14-9)6-12-7-2-1-3-7/h7-9,12H,1-6H2,(H2,11,13). The fraction of sp³-hybridized carbons (Fsp3) is 0.900. The van der Waals surface area contributed by atoms with Crippen LogP contribution in [0.1, 0.15) is 32.1 Å². The van der Waals surface area contributed by atoms with E-state index in [-0.39, 0.29) is 18.1 Å². The molecule has 0 aromatic rings. The molecule has 1 heterocycles. The zero-order valence-corrected chi connectivity index (χ0v) is 8.37. The van der Waals surface area contributed by atoms with Gasteiger partial charge in [-0.3, -0.25) is 4.79 Å². The van der Waals surface area contributed by atoms with E-state index in [1.54, 1.807) is 0 Å². The Kier molecular flexibility index (Phi) is 3.03. The van der Waals surface area contributed by atoms with Crippen molar-refractivity contribution in [1.29, 1.82) is 0 Å². The van der Waals surface area contributed by atoms with Crippen LogP contribution in [-0.2, 0) is 9.53 Å². The van der Waals surface area contributed by atoms with Crippen LogP contribution in [0.15, 0.2) is 0 Å². The lowest BCUT2D eigenvalue weighted by Crippen LogP contribution is -2.40. The molecule has 2 atom stereocenters. The molecular formula is C10H18N2O2. The molecular weight excluding hydrogens is 180 g/mol. The van der Waals surface area contributed by atoms with Gasteiger partial charge >= 0.3 is 0 Å². The maximum absolute atomic E-state index is 10.8. The number of nitrogens with two attached hydrogens (primary N) is 1. The van der Waals surface area contributed by atoms with Crippen LogP contribution in [0, 0.1) is 0 Å². The summed E-state index contributed by atoms with van der Waals surface area (Å²) >= 11 is 0. The van der Waals surface area contributed by atoms with Gasteiger partial charge in [0.05, 0.1) is 6.10 Å². The van der Waals surface area contributed by atoms with Gasteiger partial charge in [-0.1, -0.05) is 6.42 Å². The number of rotatable bonds is 4. The summed E-state index contributed by atoms with van der Waals surface area (Å²) in [5, 5.41) is 3.44. The Morgan fingerprint density at radius 2 is 2.14 bits per heavy atom. The molecule has 1 saturated carbocycles. The maximum Gasteiger partial charge on any atom is 0.246 e. The average molecular weight is 198 g/mol. The number of hydrogen-bond acceptors (Lipinski definition) is 3.